The summed E-state index contributed by atoms with van der Waals surface area (Å²) < 4.78 is 0. The van der Waals surface area contributed by atoms with Gasteiger partial charge in [0.05, 0.1) is 5.69 Å². The molecule has 0 spiro atoms. The second kappa shape index (κ2) is 6.52. The summed E-state index contributed by atoms with van der Waals surface area (Å²) in [5, 5.41) is 1.30. The van der Waals surface area contributed by atoms with Gasteiger partial charge in [-0.25, -0.2) is 9.97 Å². The van der Waals surface area contributed by atoms with E-state index >= 15 is 0 Å². The van der Waals surface area contributed by atoms with Gasteiger partial charge in [0.25, 0.3) is 0 Å². The predicted molar refractivity (Wildman–Crippen MR) is 108 cm³/mol. The molecule has 4 aromatic rings. The van der Waals surface area contributed by atoms with Crippen LogP contribution in [0.25, 0.3) is 22.3 Å². The molecule has 0 radical (unpaired) electrons. The number of nitrogens with two attached hydrogens (primary N) is 1. The molecule has 0 aliphatic carbocycles. The summed E-state index contributed by atoms with van der Waals surface area (Å²) in [5.74, 6) is 0.767. The molecule has 5 heteroatoms. The Hall–Kier alpha value is -3.18. The minimum absolute atomic E-state index is 0.752. The Labute approximate surface area is 157 Å². The minimum atomic E-state index is 0.752. The molecule has 0 amide bonds. The van der Waals surface area contributed by atoms with Gasteiger partial charge < -0.3 is 10.7 Å². The fraction of sp³-hybridized carbons (Fsp3) is 0.182. The largest absolute Gasteiger partial charge is 0.399 e. The number of hydrogen-bond donors (Lipinski definition) is 2. The Balaban J connectivity index is 1.41. The van der Waals surface area contributed by atoms with E-state index in [0.717, 1.165) is 48.8 Å². The quantitative estimate of drug-likeness (QED) is 0.549. The van der Waals surface area contributed by atoms with Crippen molar-refractivity contribution in [3.8, 4) is 11.4 Å². The molecule has 3 heterocycles. The van der Waals surface area contributed by atoms with Crippen LogP contribution in [-0.4, -0.2) is 26.4 Å². The summed E-state index contributed by atoms with van der Waals surface area (Å²) in [6.45, 7) is 2.80. The standard InChI is InChI=1S/C22H21N5/c23-18-6-4-15(5-7-18)22-25-12-16-9-11-27(14-21(16)26-22)13-17-2-1-3-20-19(17)8-10-24-20/h1-8,10,12,24H,9,11,13-14,23H2. The van der Waals surface area contributed by atoms with Gasteiger partial charge in [0.2, 0.25) is 0 Å². The molecule has 134 valence electrons. The summed E-state index contributed by atoms with van der Waals surface area (Å²) in [5.41, 5.74) is 12.5. The molecule has 1 aliphatic rings. The van der Waals surface area contributed by atoms with E-state index in [1.807, 2.05) is 36.7 Å². The minimum Gasteiger partial charge on any atom is -0.399 e. The van der Waals surface area contributed by atoms with E-state index < -0.39 is 0 Å². The summed E-state index contributed by atoms with van der Waals surface area (Å²) in [4.78, 5) is 15.2. The number of nitrogens with one attached hydrogen (secondary N) is 1. The van der Waals surface area contributed by atoms with Gasteiger partial charge in [-0.05, 0) is 53.9 Å². The Morgan fingerprint density at radius 1 is 1.07 bits per heavy atom. The van der Waals surface area contributed by atoms with Gasteiger partial charge in [0.1, 0.15) is 0 Å². The van der Waals surface area contributed by atoms with E-state index in [1.165, 1.54) is 22.0 Å². The summed E-state index contributed by atoms with van der Waals surface area (Å²) in [6.07, 6.45) is 4.98. The molecule has 27 heavy (non-hydrogen) atoms. The molecule has 2 aromatic heterocycles. The lowest BCUT2D eigenvalue weighted by Crippen LogP contribution is -2.31. The maximum Gasteiger partial charge on any atom is 0.159 e. The van der Waals surface area contributed by atoms with Gasteiger partial charge in [-0.15, -0.1) is 0 Å². The first-order valence-electron chi connectivity index (χ1n) is 9.24. The number of fused-ring (bicyclic) bond motifs is 2. The highest BCUT2D eigenvalue weighted by Crippen LogP contribution is 2.25. The highest BCUT2D eigenvalue weighted by atomic mass is 15.1. The Bertz CT molecular complexity index is 1100. The van der Waals surface area contributed by atoms with E-state index in [4.69, 9.17) is 10.7 Å². The number of anilines is 1. The highest BCUT2D eigenvalue weighted by molar-refractivity contribution is 5.82. The summed E-state index contributed by atoms with van der Waals surface area (Å²) >= 11 is 0. The van der Waals surface area contributed by atoms with Crippen LogP contribution in [0, 0.1) is 0 Å². The Morgan fingerprint density at radius 3 is 2.85 bits per heavy atom. The van der Waals surface area contributed by atoms with Crippen molar-refractivity contribution in [2.75, 3.05) is 12.3 Å². The maximum absolute atomic E-state index is 5.79. The van der Waals surface area contributed by atoms with Crippen molar-refractivity contribution in [3.05, 3.63) is 77.7 Å². The first-order valence-corrected chi connectivity index (χ1v) is 9.24. The predicted octanol–water partition coefficient (Wildman–Crippen LogP) is 3.77. The SMILES string of the molecule is Nc1ccc(-c2ncc3c(n2)CN(Cc2cccc4[nH]ccc24)CC3)cc1. The molecular weight excluding hydrogens is 334 g/mol. The first kappa shape index (κ1) is 16.0. The van der Waals surface area contributed by atoms with Crippen LogP contribution < -0.4 is 5.73 Å². The van der Waals surface area contributed by atoms with Crippen LogP contribution in [-0.2, 0) is 19.5 Å². The molecule has 0 unspecified atom stereocenters. The molecule has 0 fully saturated rings. The number of nitrogens with zero attached hydrogens (tertiary/aromatic N) is 3. The molecule has 0 atom stereocenters. The molecule has 1 aliphatic heterocycles. The lowest BCUT2D eigenvalue weighted by atomic mass is 10.0. The van der Waals surface area contributed by atoms with Gasteiger partial charge in [0, 0.05) is 54.2 Å². The van der Waals surface area contributed by atoms with E-state index in [0.29, 0.717) is 0 Å². The normalized spacial score (nSPS) is 14.4. The van der Waals surface area contributed by atoms with Gasteiger partial charge in [-0.1, -0.05) is 12.1 Å². The van der Waals surface area contributed by atoms with E-state index in [-0.39, 0.29) is 0 Å². The molecule has 3 N–H and O–H groups in total. The zero-order valence-electron chi connectivity index (χ0n) is 15.0. The van der Waals surface area contributed by atoms with Gasteiger partial charge in [-0.2, -0.15) is 0 Å². The van der Waals surface area contributed by atoms with Crippen LogP contribution >= 0.6 is 0 Å². The van der Waals surface area contributed by atoms with Crippen molar-refractivity contribution in [1.29, 1.82) is 0 Å². The van der Waals surface area contributed by atoms with Crippen molar-refractivity contribution >= 4 is 16.6 Å². The van der Waals surface area contributed by atoms with Crippen LogP contribution in [0.15, 0.2) is 60.9 Å². The van der Waals surface area contributed by atoms with Crippen molar-refractivity contribution < 1.29 is 0 Å². The van der Waals surface area contributed by atoms with Crippen LogP contribution in [0.5, 0.6) is 0 Å². The molecule has 0 saturated carbocycles. The number of aromatic amines is 1. The van der Waals surface area contributed by atoms with Crippen LogP contribution in [0.4, 0.5) is 5.69 Å². The third-order valence-corrected chi connectivity index (χ3v) is 5.27. The monoisotopic (exact) mass is 355 g/mol. The number of benzene rings is 2. The van der Waals surface area contributed by atoms with Gasteiger partial charge >= 0.3 is 0 Å². The van der Waals surface area contributed by atoms with Crippen LogP contribution in [0.1, 0.15) is 16.8 Å². The second-order valence-corrected chi connectivity index (χ2v) is 7.10. The Kier molecular flexibility index (Phi) is 3.87. The van der Waals surface area contributed by atoms with E-state index in [2.05, 4.69) is 39.1 Å². The average molecular weight is 355 g/mol. The number of H-pyrrole nitrogens is 1. The van der Waals surface area contributed by atoms with Crippen molar-refractivity contribution in [2.24, 2.45) is 0 Å². The zero-order chi connectivity index (χ0) is 18.2. The van der Waals surface area contributed by atoms with Gasteiger partial charge in [0.15, 0.2) is 5.82 Å². The number of rotatable bonds is 3. The highest BCUT2D eigenvalue weighted by Gasteiger charge is 2.19. The zero-order valence-corrected chi connectivity index (χ0v) is 15.0. The van der Waals surface area contributed by atoms with Crippen molar-refractivity contribution in [2.45, 2.75) is 19.5 Å². The fourth-order valence-electron chi connectivity index (χ4n) is 3.79. The fourth-order valence-corrected chi connectivity index (χ4v) is 3.79. The third-order valence-electron chi connectivity index (χ3n) is 5.27. The van der Waals surface area contributed by atoms with Crippen molar-refractivity contribution in [3.63, 3.8) is 0 Å². The third kappa shape index (κ3) is 3.06. The average Bonchev–Trinajstić information content (AvgIpc) is 3.18. The lowest BCUT2D eigenvalue weighted by Gasteiger charge is -2.28. The smallest absolute Gasteiger partial charge is 0.159 e. The molecule has 5 rings (SSSR count). The second-order valence-electron chi connectivity index (χ2n) is 7.10. The lowest BCUT2D eigenvalue weighted by molar-refractivity contribution is 0.242. The van der Waals surface area contributed by atoms with Crippen LogP contribution in [0.2, 0.25) is 0 Å². The van der Waals surface area contributed by atoms with Crippen LogP contribution in [0.3, 0.4) is 0 Å². The molecule has 5 nitrogen and oxygen atoms in total. The number of aromatic nitrogens is 3. The van der Waals surface area contributed by atoms with Crippen molar-refractivity contribution in [1.82, 2.24) is 19.9 Å². The molecule has 2 aromatic carbocycles. The van der Waals surface area contributed by atoms with Gasteiger partial charge in [-0.3, -0.25) is 4.90 Å². The molecule has 0 bridgehead atoms. The number of hydrogen-bond acceptors (Lipinski definition) is 4. The van der Waals surface area contributed by atoms with E-state index in [9.17, 15) is 0 Å². The Morgan fingerprint density at radius 2 is 1.96 bits per heavy atom. The molecule has 0 saturated heterocycles. The maximum atomic E-state index is 5.79. The summed E-state index contributed by atoms with van der Waals surface area (Å²) in [7, 11) is 0. The van der Waals surface area contributed by atoms with E-state index in [1.54, 1.807) is 0 Å². The topological polar surface area (TPSA) is 70.8 Å². The molecular formula is C22H21N5. The number of nitrogen functional groups attached to an aromatic ring is 1. The first-order chi connectivity index (χ1) is 13.3. The summed E-state index contributed by atoms with van der Waals surface area (Å²) in [6, 6.07) is 16.3.